The van der Waals surface area contributed by atoms with Crippen LogP contribution in [0.1, 0.15) is 80.5 Å². The monoisotopic (exact) mass is 1190 g/mol. The molecule has 5 rings (SSSR count). The van der Waals surface area contributed by atoms with Gasteiger partial charge in [0.1, 0.15) is 0 Å². The molecule has 4 amide bonds. The minimum absolute atomic E-state index is 0. The van der Waals surface area contributed by atoms with E-state index in [4.69, 9.17) is 31.4 Å². The van der Waals surface area contributed by atoms with E-state index >= 15 is 0 Å². The van der Waals surface area contributed by atoms with Gasteiger partial charge in [0.25, 0.3) is 23.6 Å². The summed E-state index contributed by atoms with van der Waals surface area (Å²) in [5.74, 6) is 16.8. The van der Waals surface area contributed by atoms with Crippen LogP contribution in [0.2, 0.25) is 0 Å². The van der Waals surface area contributed by atoms with Crippen LogP contribution >= 0.6 is 15.9 Å². The van der Waals surface area contributed by atoms with Gasteiger partial charge in [0, 0.05) is 85.6 Å². The number of rotatable bonds is 13. The number of fused-ring (bicyclic) bond motifs is 2. The molecule has 0 aromatic heterocycles. The first kappa shape index (κ1) is 68.3. The van der Waals surface area contributed by atoms with Crippen molar-refractivity contribution in [1.82, 2.24) is 10.1 Å². The van der Waals surface area contributed by atoms with Gasteiger partial charge in [-0.2, -0.15) is 0 Å². The number of hydroxylamine groups is 4. The quantitative estimate of drug-likeness (QED) is 0.0160. The number of imide groups is 2. The number of aliphatic hydroxyl groups excluding tert-OH is 3. The third kappa shape index (κ3) is 32.9. The molecule has 0 unspecified atom stereocenters. The van der Waals surface area contributed by atoms with Gasteiger partial charge in [-0.25, -0.2) is 11.8 Å². The molecule has 12 N–H and O–H groups in total. The van der Waals surface area contributed by atoms with Crippen molar-refractivity contribution >= 4 is 54.9 Å². The number of benzene rings is 2. The Morgan fingerprint density at radius 2 is 1.10 bits per heavy atom. The van der Waals surface area contributed by atoms with Crippen LogP contribution in [-0.2, 0) is 24.0 Å². The topological polar surface area (TPSA) is 306 Å². The van der Waals surface area contributed by atoms with Crippen molar-refractivity contribution in [3.05, 3.63) is 70.8 Å². The second-order valence-electron chi connectivity index (χ2n) is 10.4. The van der Waals surface area contributed by atoms with Crippen molar-refractivity contribution in [3.8, 4) is 0 Å². The first-order valence-corrected chi connectivity index (χ1v) is 18.8. The summed E-state index contributed by atoms with van der Waals surface area (Å²) in [7, 11) is 3.75. The Bertz CT molecular complexity index is 1300. The van der Waals surface area contributed by atoms with E-state index in [9.17, 15) is 32.1 Å². The molecule has 3 aliphatic heterocycles. The Hall–Kier alpha value is -0.712. The first-order chi connectivity index (χ1) is 28.4. The summed E-state index contributed by atoms with van der Waals surface area (Å²) < 4.78 is 48.8. The maximum Gasteiger partial charge on any atom is 1.00 e. The Labute approximate surface area is 426 Å². The predicted molar refractivity (Wildman–Crippen MR) is 213 cm³/mol. The van der Waals surface area contributed by atoms with E-state index in [-0.39, 0.29) is 138 Å². The molecule has 1 fully saturated rings. The van der Waals surface area contributed by atoms with Gasteiger partial charge in [-0.15, -0.1) is 10.1 Å². The Morgan fingerprint density at radius 1 is 0.750 bits per heavy atom. The van der Waals surface area contributed by atoms with Gasteiger partial charge in [-0.1, -0.05) is 40.2 Å². The number of carbonyl (C=O) groups is 4. The van der Waals surface area contributed by atoms with Crippen LogP contribution in [-0.4, -0.2) is 143 Å². The number of nitrogens with zero attached hydrogens (tertiary/aromatic N) is 2. The molecular weight excluding hydrogens is 1140 g/mol. The number of amides is 4. The summed E-state index contributed by atoms with van der Waals surface area (Å²) in [5.41, 5.74) is 1.22. The van der Waals surface area contributed by atoms with E-state index in [0.717, 1.165) is 18.3 Å². The number of aliphatic hydroxyl groups is 3. The van der Waals surface area contributed by atoms with E-state index in [1.54, 1.807) is 43.3 Å². The molecule has 19 nitrogen and oxygen atoms in total. The fourth-order valence-corrected chi connectivity index (χ4v) is 3.80. The number of alkyl halides is 1. The van der Waals surface area contributed by atoms with E-state index in [0.29, 0.717) is 37.0 Å². The average Bonchev–Trinajstić information content (AvgIpc) is 3.98. The van der Waals surface area contributed by atoms with Gasteiger partial charge >= 0.3 is 58.4 Å². The molecule has 0 saturated carbocycles. The van der Waals surface area contributed by atoms with E-state index in [1.165, 1.54) is 25.0 Å². The summed E-state index contributed by atoms with van der Waals surface area (Å²) in [6, 6.07) is 12.9. The zero-order valence-corrected chi connectivity index (χ0v) is 42.9. The van der Waals surface area contributed by atoms with Crippen molar-refractivity contribution in [3.63, 3.8) is 0 Å². The zero-order chi connectivity index (χ0) is 46.1. The molecule has 0 atom stereocenters. The molecule has 0 aliphatic carbocycles. The molecule has 0 bridgehead atoms. The number of hydrazine groups is 1. The maximum absolute atomic E-state index is 11.7. The molecule has 60 heavy (non-hydrogen) atoms. The molecule has 1 saturated heterocycles. The van der Waals surface area contributed by atoms with Crippen molar-refractivity contribution in [2.24, 2.45) is 23.5 Å². The normalized spacial score (nSPS) is 12.6. The third-order valence-corrected chi connectivity index (χ3v) is 6.16. The van der Waals surface area contributed by atoms with E-state index < -0.39 is 37.1 Å². The molecule has 3 heterocycles. The zero-order valence-electron chi connectivity index (χ0n) is 35.1. The number of ether oxygens (including phenoxy) is 2. The molecule has 27 heteroatoms. The Kier molecular flexibility index (Phi) is 54.4. The molecule has 0 spiro atoms. The minimum atomic E-state index is -4.82. The number of carbonyl (C=O) groups excluding carboxylic acids is 4. The van der Waals surface area contributed by atoms with Crippen LogP contribution in [0.5, 0.6) is 0 Å². The van der Waals surface area contributed by atoms with Gasteiger partial charge in [-0.05, 0) is 70.5 Å². The van der Waals surface area contributed by atoms with E-state index in [1.807, 2.05) is 5.83 Å². The van der Waals surface area contributed by atoms with Crippen LogP contribution in [0, 0.1) is 31.1 Å². The average molecular weight is 1190 g/mol. The van der Waals surface area contributed by atoms with Gasteiger partial charge in [0.05, 0.1) is 42.1 Å². The Morgan fingerprint density at radius 3 is 1.40 bits per heavy atom. The maximum atomic E-state index is 11.7. The van der Waals surface area contributed by atoms with Crippen molar-refractivity contribution < 1.29 is 159 Å². The smallest absolute Gasteiger partial charge is 0.447 e. The first-order valence-electron chi connectivity index (χ1n) is 17.7. The van der Waals surface area contributed by atoms with Crippen LogP contribution in [0.25, 0.3) is 0 Å². The van der Waals surface area contributed by atoms with Gasteiger partial charge in [0.2, 0.25) is 0 Å². The van der Waals surface area contributed by atoms with Crippen LogP contribution < -0.4 is 74.9 Å². The predicted octanol–water partition coefficient (Wildman–Crippen LogP) is -1.82. The van der Waals surface area contributed by atoms with Gasteiger partial charge < -0.3 is 47.4 Å². The fourth-order valence-electron chi connectivity index (χ4n) is 3.80. The molecule has 3 aliphatic rings. The molecule has 2 radical (unpaired) electrons. The second kappa shape index (κ2) is 47.8. The number of halogens is 4. The fraction of sp³-hybridized carbons (Fsp3) is 0.515. The number of nitrogens with two attached hydrogens (primary N) is 4. The van der Waals surface area contributed by atoms with Gasteiger partial charge in [0.15, 0.2) is 0 Å². The van der Waals surface area contributed by atoms with Crippen LogP contribution in [0.15, 0.2) is 48.5 Å². The number of hydrogen-bond acceptors (Lipinski definition) is 17. The molecule has 2 aromatic rings. The summed E-state index contributed by atoms with van der Waals surface area (Å²) in [4.78, 5) is 58.8. The molecular formula is C33H57B2BrF3KN6O13U. The van der Waals surface area contributed by atoms with Crippen LogP contribution in [0.3, 0.4) is 0 Å². The molecule has 2 aromatic carbocycles. The van der Waals surface area contributed by atoms with Crippen molar-refractivity contribution in [2.45, 2.75) is 39.0 Å². The van der Waals surface area contributed by atoms with E-state index in [2.05, 4.69) is 62.2 Å². The van der Waals surface area contributed by atoms with Crippen LogP contribution in [0.4, 0.5) is 12.9 Å². The van der Waals surface area contributed by atoms with Crippen molar-refractivity contribution in [2.75, 3.05) is 71.8 Å². The SMILES string of the molecule is C1CCOC1.NN.NO[13CH2][13CH2][13CH2]O.NO[13CH2][13CH2][13CH2]OC[B-](F)(F)F.O=C1c2ccccc2C(=O)N1O.O=C1c2ccccc2C(=O)N1O[13CH2][13CH2][13CH2]O.[13CH3]Br.[13CH3][13CH2]O.[2H][B].[K+].[U]. The standard InChI is InChI=1S/C11H11NO4.C8H5NO3.C4H10BF3NO2.C4H8O.C3H9NO2.C2H6O.CH3Br.BH.K.H4N2.U/c13-6-3-7-16-12-10(14)8-4-1-2-5-9(8)11(12)15;10-7-5-3-1-2-4-6(5)8(11)9(7)12;6-5(7,8)4-10-2-1-3-11-9;1-2-4-5-3-1;4-6-3-1-2-5;1-2-3;1-2;;;1-2;/h1-2,4-5,13H,3,6-7H2;1-4,12H;1-4,9H2;1-4H2;5H,1-4H2;3H,2H2,1H3;1H3;1H;;1-2H2;/q;;-1;;;;;;+1;;/i3+1,6+1,7+1;;1+1,2+1,3+1;;1+1,2+1,3+1;1+1,2+1;1+1;1D;;;. The summed E-state index contributed by atoms with van der Waals surface area (Å²) >= 11 is 2.94. The van der Waals surface area contributed by atoms with Gasteiger partial charge in [-0.3, -0.25) is 40.9 Å². The number of hydrogen-bond donors (Lipinski definition) is 8. The summed E-state index contributed by atoms with van der Waals surface area (Å²) in [5, 5.41) is 34.0. The van der Waals surface area contributed by atoms with Crippen molar-refractivity contribution in [1.29, 1.82) is 1.34 Å². The summed E-state index contributed by atoms with van der Waals surface area (Å²) in [6.07, 6.45) is 3.94. The Balaban J connectivity index is -0.000000152. The molecule has 336 valence electrons. The minimum Gasteiger partial charge on any atom is -0.447 e. The third-order valence-electron chi connectivity index (χ3n) is 6.16. The second-order valence-corrected chi connectivity index (χ2v) is 10.4. The summed E-state index contributed by atoms with van der Waals surface area (Å²) in [6.45, 7) is -1.10. The largest absolute Gasteiger partial charge is 1.00 e.